The van der Waals surface area contributed by atoms with Crippen LogP contribution in [0.25, 0.3) is 0 Å². The second-order valence-electron chi connectivity index (χ2n) is 10.2. The molecule has 13 heteroatoms. The minimum absolute atomic E-state index is 0.0134. The van der Waals surface area contributed by atoms with Gasteiger partial charge in [-0.05, 0) is 48.6 Å². The van der Waals surface area contributed by atoms with Crippen LogP contribution >= 0.6 is 0 Å². The van der Waals surface area contributed by atoms with Gasteiger partial charge in [0.05, 0.1) is 24.9 Å². The Morgan fingerprint density at radius 1 is 1.07 bits per heavy atom. The van der Waals surface area contributed by atoms with Crippen LogP contribution in [0, 0.1) is 0 Å². The molecule has 5 rings (SSSR count). The van der Waals surface area contributed by atoms with E-state index in [0.29, 0.717) is 37.1 Å². The van der Waals surface area contributed by atoms with Crippen molar-refractivity contribution in [3.63, 3.8) is 0 Å². The molecule has 0 radical (unpaired) electrons. The molecule has 0 saturated carbocycles. The number of anilines is 3. The van der Waals surface area contributed by atoms with Gasteiger partial charge >= 0.3 is 6.18 Å². The molecule has 1 saturated heterocycles. The molecule has 4 N–H and O–H groups in total. The summed E-state index contributed by atoms with van der Waals surface area (Å²) < 4.78 is 52.7. The van der Waals surface area contributed by atoms with E-state index in [9.17, 15) is 22.8 Å². The predicted molar refractivity (Wildman–Crippen MR) is 149 cm³/mol. The smallest absolute Gasteiger partial charge is 0.421 e. The van der Waals surface area contributed by atoms with E-state index in [4.69, 9.17) is 9.47 Å². The third-order valence-corrected chi connectivity index (χ3v) is 7.27. The third kappa shape index (κ3) is 6.56. The van der Waals surface area contributed by atoms with Crippen LogP contribution in [-0.2, 0) is 22.1 Å². The number of alkyl halides is 3. The normalized spacial score (nSPS) is 18.6. The summed E-state index contributed by atoms with van der Waals surface area (Å²) in [5.41, 5.74) is 1.43. The lowest BCUT2D eigenvalue weighted by atomic mass is 10.1. The van der Waals surface area contributed by atoms with Gasteiger partial charge in [-0.1, -0.05) is 24.3 Å². The van der Waals surface area contributed by atoms with Gasteiger partial charge < -0.3 is 30.7 Å². The van der Waals surface area contributed by atoms with Crippen molar-refractivity contribution in [2.24, 2.45) is 0 Å². The number of carbonyl (C=O) groups is 2. The van der Waals surface area contributed by atoms with Crippen molar-refractivity contribution in [2.75, 3.05) is 31.0 Å². The number of aromatic nitrogens is 2. The Labute approximate surface area is 240 Å². The molecule has 1 aromatic heterocycles. The molecule has 1 aliphatic heterocycles. The van der Waals surface area contributed by atoms with E-state index >= 15 is 0 Å². The average Bonchev–Trinajstić information content (AvgIpc) is 3.29. The molecule has 3 aromatic rings. The highest BCUT2D eigenvalue weighted by atomic mass is 19.4. The molecule has 0 bridgehead atoms. The Bertz CT molecular complexity index is 1460. The third-order valence-electron chi connectivity index (χ3n) is 7.27. The largest absolute Gasteiger partial charge is 0.495 e. The fraction of sp³-hybridized carbons (Fsp3) is 0.379. The minimum atomic E-state index is -4.73. The van der Waals surface area contributed by atoms with E-state index < -0.39 is 29.6 Å². The average molecular weight is 585 g/mol. The van der Waals surface area contributed by atoms with Crippen LogP contribution in [0.2, 0.25) is 0 Å². The van der Waals surface area contributed by atoms with Gasteiger partial charge in [0.15, 0.2) is 0 Å². The molecule has 2 amide bonds. The van der Waals surface area contributed by atoms with Crippen molar-refractivity contribution in [3.05, 3.63) is 70.9 Å². The molecular formula is C29H31F3N6O4. The molecule has 2 aromatic carbocycles. The molecule has 1 fully saturated rings. The van der Waals surface area contributed by atoms with Crippen molar-refractivity contribution in [3.8, 4) is 5.75 Å². The van der Waals surface area contributed by atoms with E-state index in [-0.39, 0.29) is 29.6 Å². The van der Waals surface area contributed by atoms with Gasteiger partial charge in [0.2, 0.25) is 11.9 Å². The van der Waals surface area contributed by atoms with Gasteiger partial charge in [0.1, 0.15) is 17.1 Å². The summed E-state index contributed by atoms with van der Waals surface area (Å²) in [5.74, 6) is -0.837. The lowest BCUT2D eigenvalue weighted by molar-refractivity contribution is -0.137. The number of carbonyl (C=O) groups excluding carboxylic acids is 2. The monoisotopic (exact) mass is 584 g/mol. The molecule has 10 nitrogen and oxygen atoms in total. The zero-order valence-electron chi connectivity index (χ0n) is 23.0. The van der Waals surface area contributed by atoms with Crippen molar-refractivity contribution < 1.29 is 32.2 Å². The first-order valence-electron chi connectivity index (χ1n) is 13.5. The number of amides is 2. The number of rotatable bonds is 8. The van der Waals surface area contributed by atoms with E-state index in [1.165, 1.54) is 20.1 Å². The number of nitrogens with one attached hydrogen (secondary N) is 4. The number of fused-ring (bicyclic) bond motifs is 1. The lowest BCUT2D eigenvalue weighted by Gasteiger charge is -2.25. The number of nitrogens with zero attached hydrogens (tertiary/aromatic N) is 2. The first-order valence-corrected chi connectivity index (χ1v) is 13.5. The highest BCUT2D eigenvalue weighted by molar-refractivity contribution is 5.95. The molecule has 1 aliphatic carbocycles. The van der Waals surface area contributed by atoms with Crippen LogP contribution in [0.15, 0.2) is 48.7 Å². The maximum absolute atomic E-state index is 14.0. The van der Waals surface area contributed by atoms with Gasteiger partial charge in [0.25, 0.3) is 5.91 Å². The summed E-state index contributed by atoms with van der Waals surface area (Å²) in [6, 6.07) is 10.9. The first kappa shape index (κ1) is 29.1. The Balaban J connectivity index is 1.39. The van der Waals surface area contributed by atoms with E-state index in [1.54, 1.807) is 12.1 Å². The fourth-order valence-electron chi connectivity index (χ4n) is 5.23. The summed E-state index contributed by atoms with van der Waals surface area (Å²) in [7, 11) is 1.42. The number of hydrogen-bond donors (Lipinski definition) is 4. The van der Waals surface area contributed by atoms with Crippen LogP contribution in [0.1, 0.15) is 52.9 Å². The van der Waals surface area contributed by atoms with Crippen molar-refractivity contribution in [1.29, 1.82) is 0 Å². The standard InChI is InChI=1S/C29H31F3N6O4/c1-16(39)34-25-20-6-4-3-5-17(20)13-23(25)36-26-21(29(30,31)32)15-33-28(38-26)37-22-8-7-18(14-24(22)41-2)27(40)35-19-9-11-42-12-10-19/h3-8,14-15,19,23,25H,9-13H2,1-2H3,(H,34,39)(H,35,40)(H2,33,36,37,38)/t23-,25-/m1/s1. The number of hydrogen-bond acceptors (Lipinski definition) is 8. The second-order valence-corrected chi connectivity index (χ2v) is 10.2. The lowest BCUT2D eigenvalue weighted by Crippen LogP contribution is -2.38. The van der Waals surface area contributed by atoms with E-state index in [2.05, 4.69) is 31.2 Å². The summed E-state index contributed by atoms with van der Waals surface area (Å²) >= 11 is 0. The van der Waals surface area contributed by atoms with Gasteiger partial charge in [0, 0.05) is 37.9 Å². The zero-order chi connectivity index (χ0) is 29.9. The SMILES string of the molecule is COc1cc(C(=O)NC2CCOCC2)ccc1Nc1ncc(C(F)(F)F)c(N[C@@H]2Cc3ccccc3[C@H]2NC(C)=O)n1. The first-order chi connectivity index (χ1) is 20.1. The van der Waals surface area contributed by atoms with Crippen molar-refractivity contribution >= 4 is 29.3 Å². The molecular weight excluding hydrogens is 553 g/mol. The minimum Gasteiger partial charge on any atom is -0.495 e. The van der Waals surface area contributed by atoms with Crippen molar-refractivity contribution in [1.82, 2.24) is 20.6 Å². The zero-order valence-corrected chi connectivity index (χ0v) is 23.0. The highest BCUT2D eigenvalue weighted by Crippen LogP contribution is 2.38. The Morgan fingerprint density at radius 2 is 1.83 bits per heavy atom. The number of benzene rings is 2. The van der Waals surface area contributed by atoms with Crippen LogP contribution in [0.4, 0.5) is 30.6 Å². The second kappa shape index (κ2) is 12.2. The van der Waals surface area contributed by atoms with Gasteiger partial charge in [-0.3, -0.25) is 9.59 Å². The summed E-state index contributed by atoms with van der Waals surface area (Å²) in [5, 5.41) is 11.6. The quantitative estimate of drug-likeness (QED) is 0.308. The van der Waals surface area contributed by atoms with Gasteiger partial charge in [-0.2, -0.15) is 18.2 Å². The number of ether oxygens (including phenoxy) is 2. The van der Waals surface area contributed by atoms with E-state index in [1.807, 2.05) is 24.3 Å². The van der Waals surface area contributed by atoms with Gasteiger partial charge in [-0.25, -0.2) is 4.98 Å². The Hall–Kier alpha value is -4.39. The predicted octanol–water partition coefficient (Wildman–Crippen LogP) is 4.37. The van der Waals surface area contributed by atoms with Crippen molar-refractivity contribution in [2.45, 2.75) is 50.5 Å². The molecule has 2 heterocycles. The molecule has 222 valence electrons. The van der Waals surface area contributed by atoms with Crippen LogP contribution < -0.4 is 26.0 Å². The molecule has 0 spiro atoms. The maximum Gasteiger partial charge on any atom is 0.421 e. The molecule has 42 heavy (non-hydrogen) atoms. The highest BCUT2D eigenvalue weighted by Gasteiger charge is 2.39. The summed E-state index contributed by atoms with van der Waals surface area (Å²) in [6.07, 6.45) is -2.19. The topological polar surface area (TPSA) is 127 Å². The molecule has 2 aliphatic rings. The molecule has 2 atom stereocenters. The number of methoxy groups -OCH3 is 1. The van der Waals surface area contributed by atoms with Crippen LogP contribution in [0.3, 0.4) is 0 Å². The van der Waals surface area contributed by atoms with Gasteiger partial charge in [-0.15, -0.1) is 0 Å². The molecule has 0 unspecified atom stereocenters. The summed E-state index contributed by atoms with van der Waals surface area (Å²) in [4.78, 5) is 32.8. The Morgan fingerprint density at radius 3 is 2.55 bits per heavy atom. The fourth-order valence-corrected chi connectivity index (χ4v) is 5.23. The summed E-state index contributed by atoms with van der Waals surface area (Å²) in [6.45, 7) is 2.53. The Kier molecular flexibility index (Phi) is 8.48. The van der Waals surface area contributed by atoms with E-state index in [0.717, 1.165) is 24.0 Å². The maximum atomic E-state index is 14.0. The number of halogens is 3. The van der Waals surface area contributed by atoms with Crippen LogP contribution in [-0.4, -0.2) is 54.2 Å². The van der Waals surface area contributed by atoms with Crippen LogP contribution in [0.5, 0.6) is 5.75 Å².